The first kappa shape index (κ1) is 16.4. The number of hydrogen-bond acceptors (Lipinski definition) is 6. The molecule has 3 aromatic rings. The van der Waals surface area contributed by atoms with Crippen LogP contribution in [-0.2, 0) is 4.79 Å². The van der Waals surface area contributed by atoms with Crippen LogP contribution < -0.4 is 0 Å². The van der Waals surface area contributed by atoms with Gasteiger partial charge in [-0.15, -0.1) is 22.7 Å². The summed E-state index contributed by atoms with van der Waals surface area (Å²) >= 11 is 4.72. The van der Waals surface area contributed by atoms with Crippen molar-refractivity contribution < 1.29 is 4.79 Å². The molecule has 3 rings (SSSR count). The van der Waals surface area contributed by atoms with Crippen molar-refractivity contribution in [2.75, 3.05) is 12.8 Å². The van der Waals surface area contributed by atoms with Gasteiger partial charge in [-0.25, -0.2) is 9.97 Å². The topological polar surface area (TPSA) is 46.1 Å². The molecule has 2 aromatic heterocycles. The minimum atomic E-state index is -0.0291. The molecule has 23 heavy (non-hydrogen) atoms. The maximum atomic E-state index is 12.4. The van der Waals surface area contributed by atoms with Crippen LogP contribution in [0.5, 0.6) is 0 Å². The van der Waals surface area contributed by atoms with Crippen LogP contribution in [-0.4, -0.2) is 33.6 Å². The van der Waals surface area contributed by atoms with Crippen molar-refractivity contribution in [1.29, 1.82) is 0 Å². The summed E-state index contributed by atoms with van der Waals surface area (Å²) in [4.78, 5) is 23.2. The Morgan fingerprint density at radius 3 is 2.83 bits per heavy atom. The zero-order valence-corrected chi connectivity index (χ0v) is 15.6. The molecule has 0 N–H and O–H groups in total. The van der Waals surface area contributed by atoms with E-state index in [1.54, 1.807) is 27.6 Å². The number of aromatic nitrogens is 2. The molecule has 0 aliphatic rings. The first-order chi connectivity index (χ1) is 11.0. The molecule has 0 saturated carbocycles. The Labute approximate surface area is 147 Å². The highest BCUT2D eigenvalue weighted by Crippen LogP contribution is 2.29. The summed E-state index contributed by atoms with van der Waals surface area (Å²) in [5.74, 6) is 0.494. The second kappa shape index (κ2) is 6.98. The number of rotatable bonds is 5. The summed E-state index contributed by atoms with van der Waals surface area (Å²) < 4.78 is 2.10. The molecule has 2 heterocycles. The summed E-state index contributed by atoms with van der Waals surface area (Å²) in [6.07, 6.45) is 0. The van der Waals surface area contributed by atoms with Gasteiger partial charge < -0.3 is 4.90 Å². The molecule has 0 unspecified atom stereocenters. The zero-order chi connectivity index (χ0) is 16.4. The standard InChI is InChI=1S/C16H17N3OS3/c1-10-8-21-16(17-10)22-9-14(20)19(3)11(2)15-18-12-6-4-5-7-13(12)23-15/h4-8,11H,9H2,1-3H3/t11-/m0/s1. The predicted molar refractivity (Wildman–Crippen MR) is 98.4 cm³/mol. The quantitative estimate of drug-likeness (QED) is 0.631. The molecular formula is C16H17N3OS3. The lowest BCUT2D eigenvalue weighted by atomic mass is 10.3. The molecule has 7 heteroatoms. The number of benzene rings is 1. The van der Waals surface area contributed by atoms with Gasteiger partial charge in [-0.05, 0) is 26.0 Å². The van der Waals surface area contributed by atoms with E-state index < -0.39 is 0 Å². The Kier molecular flexibility index (Phi) is 4.99. The number of thiazole rings is 2. The minimum absolute atomic E-state index is 0.0291. The van der Waals surface area contributed by atoms with Crippen molar-refractivity contribution in [3.63, 3.8) is 0 Å². The van der Waals surface area contributed by atoms with E-state index in [2.05, 4.69) is 16.0 Å². The van der Waals surface area contributed by atoms with Crippen molar-refractivity contribution in [2.45, 2.75) is 24.2 Å². The lowest BCUT2D eigenvalue weighted by Gasteiger charge is -2.22. The lowest BCUT2D eigenvalue weighted by Crippen LogP contribution is -2.31. The van der Waals surface area contributed by atoms with Crippen LogP contribution in [0.3, 0.4) is 0 Å². The SMILES string of the molecule is Cc1csc(SCC(=O)N(C)[C@@H](C)c2nc3ccccc3s2)n1. The van der Waals surface area contributed by atoms with E-state index in [1.807, 2.05) is 44.5 Å². The van der Waals surface area contributed by atoms with E-state index in [1.165, 1.54) is 11.8 Å². The van der Waals surface area contributed by atoms with Crippen molar-refractivity contribution >= 4 is 50.6 Å². The lowest BCUT2D eigenvalue weighted by molar-refractivity contribution is -0.128. The normalized spacial score (nSPS) is 12.5. The molecule has 1 atom stereocenters. The Balaban J connectivity index is 1.65. The van der Waals surface area contributed by atoms with Crippen LogP contribution in [0.1, 0.15) is 23.7 Å². The Morgan fingerprint density at radius 1 is 1.35 bits per heavy atom. The van der Waals surface area contributed by atoms with Gasteiger partial charge in [-0.1, -0.05) is 23.9 Å². The van der Waals surface area contributed by atoms with Crippen LogP contribution in [0.25, 0.3) is 10.2 Å². The third-order valence-corrected chi connectivity index (χ3v) is 6.89. The number of carbonyl (C=O) groups excluding carboxylic acids is 1. The molecule has 4 nitrogen and oxygen atoms in total. The third-order valence-electron chi connectivity index (χ3n) is 3.56. The van der Waals surface area contributed by atoms with Crippen molar-refractivity contribution in [3.8, 4) is 0 Å². The van der Waals surface area contributed by atoms with E-state index in [-0.39, 0.29) is 11.9 Å². The Hall–Kier alpha value is -1.44. The van der Waals surface area contributed by atoms with Crippen LogP contribution in [0.2, 0.25) is 0 Å². The van der Waals surface area contributed by atoms with Crippen molar-refractivity contribution in [2.24, 2.45) is 0 Å². The summed E-state index contributed by atoms with van der Waals surface area (Å²) in [6, 6.07) is 8.03. The molecule has 1 amide bonds. The number of aryl methyl sites for hydroxylation is 1. The van der Waals surface area contributed by atoms with Gasteiger partial charge >= 0.3 is 0 Å². The highest BCUT2D eigenvalue weighted by Gasteiger charge is 2.21. The summed E-state index contributed by atoms with van der Waals surface area (Å²) in [5.41, 5.74) is 1.99. The molecule has 0 radical (unpaired) electrons. The number of hydrogen-bond donors (Lipinski definition) is 0. The highest BCUT2D eigenvalue weighted by atomic mass is 32.2. The molecule has 0 saturated heterocycles. The third kappa shape index (κ3) is 3.73. The Bertz CT molecular complexity index is 794. The van der Waals surface area contributed by atoms with Crippen molar-refractivity contribution in [1.82, 2.24) is 14.9 Å². The maximum Gasteiger partial charge on any atom is 0.233 e. The van der Waals surface area contributed by atoms with E-state index in [4.69, 9.17) is 0 Å². The fraction of sp³-hybridized carbons (Fsp3) is 0.312. The van der Waals surface area contributed by atoms with Gasteiger partial charge in [-0.3, -0.25) is 4.79 Å². The van der Waals surface area contributed by atoms with Gasteiger partial charge in [0.05, 0.1) is 22.0 Å². The van der Waals surface area contributed by atoms with Gasteiger partial charge in [0, 0.05) is 18.1 Å². The van der Waals surface area contributed by atoms with E-state index in [0.29, 0.717) is 5.75 Å². The van der Waals surface area contributed by atoms with Gasteiger partial charge in [0.15, 0.2) is 4.34 Å². The van der Waals surface area contributed by atoms with Gasteiger partial charge in [0.2, 0.25) is 5.91 Å². The fourth-order valence-electron chi connectivity index (χ4n) is 2.07. The van der Waals surface area contributed by atoms with Gasteiger partial charge in [-0.2, -0.15) is 0 Å². The monoisotopic (exact) mass is 363 g/mol. The first-order valence-electron chi connectivity index (χ1n) is 7.20. The largest absolute Gasteiger partial charge is 0.336 e. The highest BCUT2D eigenvalue weighted by molar-refractivity contribution is 8.01. The van der Waals surface area contributed by atoms with E-state index in [9.17, 15) is 4.79 Å². The number of nitrogens with zero attached hydrogens (tertiary/aromatic N) is 3. The number of amides is 1. The van der Waals surface area contributed by atoms with E-state index >= 15 is 0 Å². The average molecular weight is 364 g/mol. The number of para-hydroxylation sites is 1. The van der Waals surface area contributed by atoms with Gasteiger partial charge in [0.25, 0.3) is 0 Å². The molecule has 1 aromatic carbocycles. The van der Waals surface area contributed by atoms with Crippen LogP contribution in [0.15, 0.2) is 34.0 Å². The second-order valence-corrected chi connectivity index (χ2v) is 8.39. The minimum Gasteiger partial charge on any atom is -0.336 e. The number of fused-ring (bicyclic) bond motifs is 1. The molecule has 120 valence electrons. The summed E-state index contributed by atoms with van der Waals surface area (Å²) in [7, 11) is 1.84. The fourth-order valence-corrected chi connectivity index (χ4v) is 4.91. The summed E-state index contributed by atoms with van der Waals surface area (Å²) in [5, 5.41) is 2.97. The smallest absolute Gasteiger partial charge is 0.233 e. The molecule has 0 fully saturated rings. The molecule has 0 aliphatic heterocycles. The zero-order valence-electron chi connectivity index (χ0n) is 13.1. The molecule has 0 spiro atoms. The van der Waals surface area contributed by atoms with Gasteiger partial charge in [0.1, 0.15) is 5.01 Å². The number of carbonyl (C=O) groups is 1. The average Bonchev–Trinajstić information content (AvgIpc) is 3.16. The maximum absolute atomic E-state index is 12.4. The van der Waals surface area contributed by atoms with Crippen LogP contribution in [0, 0.1) is 6.92 Å². The predicted octanol–water partition coefficient (Wildman–Crippen LogP) is 4.37. The van der Waals surface area contributed by atoms with Crippen LogP contribution in [0.4, 0.5) is 0 Å². The van der Waals surface area contributed by atoms with Crippen LogP contribution >= 0.6 is 34.4 Å². The molecule has 0 bridgehead atoms. The van der Waals surface area contributed by atoms with E-state index in [0.717, 1.165) is 25.3 Å². The molecular weight excluding hydrogens is 346 g/mol. The Morgan fingerprint density at radius 2 is 2.13 bits per heavy atom. The first-order valence-corrected chi connectivity index (χ1v) is 9.89. The number of thioether (sulfide) groups is 1. The second-order valence-electron chi connectivity index (χ2n) is 5.24. The summed E-state index contributed by atoms with van der Waals surface area (Å²) in [6.45, 7) is 3.98. The van der Waals surface area contributed by atoms with Crippen molar-refractivity contribution in [3.05, 3.63) is 40.3 Å². The molecule has 0 aliphatic carbocycles.